The normalized spacial score (nSPS) is 12.3. The molecule has 0 amide bonds. The van der Waals surface area contributed by atoms with E-state index in [2.05, 4.69) is 28.0 Å². The smallest absolute Gasteiger partial charge is 0.207 e. The lowest BCUT2D eigenvalue weighted by Crippen LogP contribution is -2.16. The van der Waals surface area contributed by atoms with Gasteiger partial charge in [-0.15, -0.1) is 0 Å². The summed E-state index contributed by atoms with van der Waals surface area (Å²) < 4.78 is 7.54. The number of anilines is 2. The van der Waals surface area contributed by atoms with Crippen molar-refractivity contribution in [1.82, 2.24) is 9.55 Å². The van der Waals surface area contributed by atoms with Crippen LogP contribution in [-0.4, -0.2) is 23.3 Å². The fraction of sp³-hybridized carbons (Fsp3) is 0.438. The van der Waals surface area contributed by atoms with Gasteiger partial charge >= 0.3 is 0 Å². The molecule has 2 rings (SSSR count). The molecule has 1 unspecified atom stereocenters. The van der Waals surface area contributed by atoms with Crippen LogP contribution in [-0.2, 0) is 4.74 Å². The van der Waals surface area contributed by atoms with Crippen LogP contribution in [0.15, 0.2) is 36.5 Å². The minimum Gasteiger partial charge on any atom is -0.383 e. The molecule has 1 aromatic carbocycles. The maximum Gasteiger partial charge on any atom is 0.207 e. The predicted molar refractivity (Wildman–Crippen MR) is 82.5 cm³/mol. The van der Waals surface area contributed by atoms with Gasteiger partial charge in [-0.25, -0.2) is 4.98 Å². The third-order valence-corrected chi connectivity index (χ3v) is 3.26. The minimum absolute atomic E-state index is 0.317. The summed E-state index contributed by atoms with van der Waals surface area (Å²) in [4.78, 5) is 4.59. The first-order chi connectivity index (χ1) is 9.74. The lowest BCUT2D eigenvalue weighted by atomic mass is 10.2. The Labute approximate surface area is 120 Å². The van der Waals surface area contributed by atoms with E-state index in [-0.39, 0.29) is 0 Å². The first-order valence-corrected chi connectivity index (χ1v) is 7.11. The monoisotopic (exact) mass is 273 g/mol. The van der Waals surface area contributed by atoms with Crippen molar-refractivity contribution in [1.29, 1.82) is 0 Å². The van der Waals surface area contributed by atoms with Crippen LogP contribution in [0.4, 0.5) is 11.6 Å². The van der Waals surface area contributed by atoms with Crippen LogP contribution in [0.5, 0.6) is 0 Å². The molecular weight excluding hydrogens is 250 g/mol. The number of hydrogen-bond acceptors (Lipinski definition) is 3. The maximum atomic E-state index is 5.35. The van der Waals surface area contributed by atoms with Gasteiger partial charge in [-0.05, 0) is 25.5 Å². The van der Waals surface area contributed by atoms with Gasteiger partial charge in [-0.3, -0.25) is 0 Å². The van der Waals surface area contributed by atoms with Gasteiger partial charge in [0.05, 0.1) is 18.3 Å². The lowest BCUT2D eigenvalue weighted by Gasteiger charge is -2.20. The molecule has 0 aliphatic heterocycles. The molecule has 4 nitrogen and oxygen atoms in total. The summed E-state index contributed by atoms with van der Waals surface area (Å²) in [5.74, 6) is 0.879. The standard InChI is InChI=1S/C16H23N3O/c1-4-8-15(12-20-3)19-11-13(2)17-16(19)18-14-9-6-5-7-10-14/h5-7,9-11,15H,4,8,12H2,1-3H3,(H,17,18). The molecule has 0 aliphatic carbocycles. The van der Waals surface area contributed by atoms with Crippen LogP contribution < -0.4 is 5.32 Å². The highest BCUT2D eigenvalue weighted by Crippen LogP contribution is 2.23. The number of imidazole rings is 1. The molecule has 0 bridgehead atoms. The van der Waals surface area contributed by atoms with E-state index in [9.17, 15) is 0 Å². The molecule has 20 heavy (non-hydrogen) atoms. The van der Waals surface area contributed by atoms with Crippen molar-refractivity contribution in [2.45, 2.75) is 32.7 Å². The molecule has 0 radical (unpaired) electrons. The van der Waals surface area contributed by atoms with Crippen molar-refractivity contribution in [3.05, 3.63) is 42.2 Å². The van der Waals surface area contributed by atoms with Gasteiger partial charge in [0.15, 0.2) is 0 Å². The molecule has 0 spiro atoms. The average molecular weight is 273 g/mol. The predicted octanol–water partition coefficient (Wildman–Crippen LogP) is 3.92. The minimum atomic E-state index is 0.317. The molecular formula is C16H23N3O. The van der Waals surface area contributed by atoms with Crippen LogP contribution in [0.25, 0.3) is 0 Å². The van der Waals surface area contributed by atoms with Crippen LogP contribution in [0.2, 0.25) is 0 Å². The third-order valence-electron chi connectivity index (χ3n) is 3.26. The molecule has 1 heterocycles. The zero-order valence-corrected chi connectivity index (χ0v) is 12.5. The molecule has 108 valence electrons. The van der Waals surface area contributed by atoms with E-state index < -0.39 is 0 Å². The second-order valence-corrected chi connectivity index (χ2v) is 5.00. The molecule has 2 aromatic rings. The zero-order valence-electron chi connectivity index (χ0n) is 12.5. The highest BCUT2D eigenvalue weighted by molar-refractivity contribution is 5.53. The highest BCUT2D eigenvalue weighted by Gasteiger charge is 2.15. The summed E-state index contributed by atoms with van der Waals surface area (Å²) in [5, 5.41) is 3.39. The Morgan fingerprint density at radius 2 is 2.05 bits per heavy atom. The largest absolute Gasteiger partial charge is 0.383 e. The Morgan fingerprint density at radius 3 is 2.70 bits per heavy atom. The number of para-hydroxylation sites is 1. The van der Waals surface area contributed by atoms with Gasteiger partial charge in [-0.2, -0.15) is 0 Å². The molecule has 1 atom stereocenters. The topological polar surface area (TPSA) is 39.1 Å². The van der Waals surface area contributed by atoms with Crippen LogP contribution in [0.3, 0.4) is 0 Å². The summed E-state index contributed by atoms with van der Waals surface area (Å²) in [5.41, 5.74) is 2.06. The number of benzene rings is 1. The van der Waals surface area contributed by atoms with Crippen molar-refractivity contribution in [2.24, 2.45) is 0 Å². The summed E-state index contributed by atoms with van der Waals surface area (Å²) in [7, 11) is 1.75. The van der Waals surface area contributed by atoms with Gasteiger partial charge in [0.2, 0.25) is 5.95 Å². The Bertz CT molecular complexity index is 516. The second-order valence-electron chi connectivity index (χ2n) is 5.00. The Morgan fingerprint density at radius 1 is 1.30 bits per heavy atom. The lowest BCUT2D eigenvalue weighted by molar-refractivity contribution is 0.151. The number of nitrogens with one attached hydrogen (secondary N) is 1. The SMILES string of the molecule is CCCC(COC)n1cc(C)nc1Nc1ccccc1. The third kappa shape index (κ3) is 3.61. The van der Waals surface area contributed by atoms with Gasteiger partial charge in [0.25, 0.3) is 0 Å². The van der Waals surface area contributed by atoms with Crippen molar-refractivity contribution < 1.29 is 4.74 Å². The van der Waals surface area contributed by atoms with Crippen molar-refractivity contribution in [2.75, 3.05) is 19.0 Å². The van der Waals surface area contributed by atoms with Crippen LogP contribution in [0, 0.1) is 6.92 Å². The van der Waals surface area contributed by atoms with E-state index >= 15 is 0 Å². The van der Waals surface area contributed by atoms with Gasteiger partial charge in [-0.1, -0.05) is 31.5 Å². The maximum absolute atomic E-state index is 5.35. The number of methoxy groups -OCH3 is 1. The number of rotatable bonds is 7. The summed E-state index contributed by atoms with van der Waals surface area (Å²) in [6.07, 6.45) is 4.29. The second kappa shape index (κ2) is 7.10. The van der Waals surface area contributed by atoms with Crippen LogP contribution in [0.1, 0.15) is 31.5 Å². The number of nitrogens with zero attached hydrogens (tertiary/aromatic N) is 2. The summed E-state index contributed by atoms with van der Waals surface area (Å²) in [6, 6.07) is 10.4. The molecule has 0 saturated heterocycles. The Hall–Kier alpha value is -1.81. The quantitative estimate of drug-likeness (QED) is 0.831. The fourth-order valence-corrected chi connectivity index (χ4v) is 2.37. The van der Waals surface area contributed by atoms with Crippen LogP contribution >= 0.6 is 0 Å². The van der Waals surface area contributed by atoms with E-state index in [1.54, 1.807) is 7.11 Å². The molecule has 0 saturated carbocycles. The zero-order chi connectivity index (χ0) is 14.4. The number of ether oxygens (including phenoxy) is 1. The molecule has 4 heteroatoms. The van der Waals surface area contributed by atoms with Crippen molar-refractivity contribution in [3.8, 4) is 0 Å². The molecule has 1 N–H and O–H groups in total. The van der Waals surface area contributed by atoms with E-state index in [0.29, 0.717) is 12.6 Å². The summed E-state index contributed by atoms with van der Waals surface area (Å²) >= 11 is 0. The van der Waals surface area contributed by atoms with Gasteiger partial charge < -0.3 is 14.6 Å². The van der Waals surface area contributed by atoms with E-state index in [4.69, 9.17) is 4.74 Å². The molecule has 0 aliphatic rings. The average Bonchev–Trinajstić information content (AvgIpc) is 2.80. The van der Waals surface area contributed by atoms with Crippen molar-refractivity contribution in [3.63, 3.8) is 0 Å². The van der Waals surface area contributed by atoms with Crippen molar-refractivity contribution >= 4 is 11.6 Å². The van der Waals surface area contributed by atoms with Gasteiger partial charge in [0.1, 0.15) is 0 Å². The van der Waals surface area contributed by atoms with Gasteiger partial charge in [0, 0.05) is 19.0 Å². The Balaban J connectivity index is 2.24. The number of hydrogen-bond donors (Lipinski definition) is 1. The molecule has 1 aromatic heterocycles. The summed E-state index contributed by atoms with van der Waals surface area (Å²) in [6.45, 7) is 4.91. The number of aryl methyl sites for hydroxylation is 1. The Kier molecular flexibility index (Phi) is 5.18. The number of aromatic nitrogens is 2. The fourth-order valence-electron chi connectivity index (χ4n) is 2.37. The highest BCUT2D eigenvalue weighted by atomic mass is 16.5. The van der Waals surface area contributed by atoms with E-state index in [0.717, 1.165) is 30.2 Å². The van der Waals surface area contributed by atoms with E-state index in [1.807, 2.05) is 37.3 Å². The first-order valence-electron chi connectivity index (χ1n) is 7.11. The van der Waals surface area contributed by atoms with E-state index in [1.165, 1.54) is 0 Å². The first kappa shape index (κ1) is 14.6. The molecule has 0 fully saturated rings.